The van der Waals surface area contributed by atoms with Gasteiger partial charge in [-0.3, -0.25) is 4.68 Å². The Hall–Kier alpha value is -1.17. The number of alkyl halides is 2. The fraction of sp³-hybridized carbons (Fsp3) is 0.750. The second-order valence-electron chi connectivity index (χ2n) is 4.09. The zero-order valence-electron chi connectivity index (χ0n) is 11.1. The van der Waals surface area contributed by atoms with Gasteiger partial charge in [0.2, 0.25) is 0 Å². The fourth-order valence-corrected chi connectivity index (χ4v) is 1.84. The average Bonchev–Trinajstić information content (AvgIpc) is 2.73. The molecule has 1 rings (SSSR count). The molecule has 0 amide bonds. The minimum atomic E-state index is -2.49. The first-order valence-electron chi connectivity index (χ1n) is 6.26. The summed E-state index contributed by atoms with van der Waals surface area (Å²) >= 11 is 0. The maximum Gasteiger partial charge on any atom is 0.259 e. The van der Waals surface area contributed by atoms with E-state index in [4.69, 9.17) is 4.74 Å². The zero-order valence-corrected chi connectivity index (χ0v) is 11.1. The van der Waals surface area contributed by atoms with Crippen LogP contribution in [0.3, 0.4) is 0 Å². The van der Waals surface area contributed by atoms with Crippen LogP contribution in [0.4, 0.5) is 8.78 Å². The minimum Gasteiger partial charge on any atom is -0.493 e. The van der Waals surface area contributed by atoms with Gasteiger partial charge >= 0.3 is 0 Å². The summed E-state index contributed by atoms with van der Waals surface area (Å²) in [6.45, 7) is 5.07. The number of nitrogens with one attached hydrogen (secondary N) is 1. The first-order chi connectivity index (χ1) is 8.65. The summed E-state index contributed by atoms with van der Waals surface area (Å²) in [6.07, 6.45) is 0.640. The number of aryl methyl sites for hydroxylation is 1. The van der Waals surface area contributed by atoms with Crippen LogP contribution >= 0.6 is 0 Å². The van der Waals surface area contributed by atoms with Crippen molar-refractivity contribution in [1.29, 1.82) is 0 Å². The number of hydrogen-bond acceptors (Lipinski definition) is 3. The van der Waals surface area contributed by atoms with Gasteiger partial charge in [0, 0.05) is 6.54 Å². The number of ether oxygens (including phenoxy) is 1. The number of halogens is 2. The second kappa shape index (κ2) is 7.31. The number of nitrogens with zero attached hydrogens (tertiary/aromatic N) is 2. The molecule has 0 radical (unpaired) electrons. The van der Waals surface area contributed by atoms with Crippen molar-refractivity contribution in [3.8, 4) is 5.75 Å². The molecular formula is C12H21F2N3O. The van der Waals surface area contributed by atoms with Crippen molar-refractivity contribution in [2.45, 2.75) is 45.7 Å². The van der Waals surface area contributed by atoms with E-state index in [0.29, 0.717) is 24.5 Å². The van der Waals surface area contributed by atoms with Crippen LogP contribution in [0.25, 0.3) is 0 Å². The predicted molar refractivity (Wildman–Crippen MR) is 66.1 cm³/mol. The van der Waals surface area contributed by atoms with Crippen LogP contribution in [-0.2, 0) is 6.54 Å². The van der Waals surface area contributed by atoms with E-state index in [1.165, 1.54) is 13.3 Å². The third-order valence-corrected chi connectivity index (χ3v) is 2.66. The molecule has 0 bridgehead atoms. The molecule has 1 heterocycles. The molecule has 0 fully saturated rings. The number of methoxy groups -OCH3 is 1. The lowest BCUT2D eigenvalue weighted by Gasteiger charge is -2.20. The summed E-state index contributed by atoms with van der Waals surface area (Å²) in [7, 11) is 1.47. The summed E-state index contributed by atoms with van der Waals surface area (Å²) in [5.74, 6) is 0.414. The predicted octanol–water partition coefficient (Wildman–Crippen LogP) is 2.61. The van der Waals surface area contributed by atoms with E-state index in [1.54, 1.807) is 4.68 Å². The summed E-state index contributed by atoms with van der Waals surface area (Å²) in [4.78, 5) is 0. The molecule has 1 atom stereocenters. The molecule has 1 aromatic rings. The second-order valence-corrected chi connectivity index (χ2v) is 4.09. The Bertz CT molecular complexity index is 355. The Morgan fingerprint density at radius 2 is 2.11 bits per heavy atom. The van der Waals surface area contributed by atoms with Crippen LogP contribution < -0.4 is 10.1 Å². The van der Waals surface area contributed by atoms with Crippen LogP contribution in [0.15, 0.2) is 6.20 Å². The molecule has 1 unspecified atom stereocenters. The highest BCUT2D eigenvalue weighted by Gasteiger charge is 2.28. The number of aromatic nitrogens is 2. The molecule has 0 aliphatic carbocycles. The Morgan fingerprint density at radius 1 is 1.39 bits per heavy atom. The molecule has 104 valence electrons. The van der Waals surface area contributed by atoms with Crippen LogP contribution in [0.1, 0.15) is 38.4 Å². The van der Waals surface area contributed by atoms with Gasteiger partial charge in [-0.15, -0.1) is 0 Å². The van der Waals surface area contributed by atoms with Crippen molar-refractivity contribution < 1.29 is 13.5 Å². The van der Waals surface area contributed by atoms with Gasteiger partial charge in [0.25, 0.3) is 6.43 Å². The van der Waals surface area contributed by atoms with Crippen molar-refractivity contribution in [1.82, 2.24) is 15.1 Å². The van der Waals surface area contributed by atoms with Crippen molar-refractivity contribution >= 4 is 0 Å². The molecule has 0 saturated carbocycles. The highest BCUT2D eigenvalue weighted by molar-refractivity contribution is 5.29. The van der Waals surface area contributed by atoms with Crippen molar-refractivity contribution in [3.63, 3.8) is 0 Å². The molecule has 0 aliphatic heterocycles. The molecule has 0 aromatic carbocycles. The van der Waals surface area contributed by atoms with Crippen LogP contribution in [0.5, 0.6) is 5.75 Å². The molecular weight excluding hydrogens is 240 g/mol. The summed E-state index contributed by atoms with van der Waals surface area (Å²) in [5.41, 5.74) is 0.433. The van der Waals surface area contributed by atoms with Gasteiger partial charge in [0.1, 0.15) is 11.7 Å². The fourth-order valence-electron chi connectivity index (χ4n) is 1.84. The van der Waals surface area contributed by atoms with Gasteiger partial charge in [0.15, 0.2) is 5.75 Å². The van der Waals surface area contributed by atoms with E-state index in [9.17, 15) is 8.78 Å². The van der Waals surface area contributed by atoms with Crippen molar-refractivity contribution in [3.05, 3.63) is 11.9 Å². The Labute approximate surface area is 106 Å². The first-order valence-corrected chi connectivity index (χ1v) is 6.26. The van der Waals surface area contributed by atoms with Gasteiger partial charge in [-0.05, 0) is 19.4 Å². The largest absolute Gasteiger partial charge is 0.493 e. The third kappa shape index (κ3) is 3.41. The normalized spacial score (nSPS) is 13.0. The standard InChI is InChI=1S/C12H21F2N3O/c1-4-6-15-10(12(13)14)11-9(18-3)8-16-17(11)7-5-2/h8,10,12,15H,4-7H2,1-3H3. The topological polar surface area (TPSA) is 39.1 Å². The van der Waals surface area contributed by atoms with E-state index < -0.39 is 12.5 Å². The SMILES string of the molecule is CCCNC(c1c(OC)cnn1CCC)C(F)F. The van der Waals surface area contributed by atoms with Crippen LogP contribution in [0, 0.1) is 0 Å². The van der Waals surface area contributed by atoms with E-state index in [2.05, 4.69) is 10.4 Å². The molecule has 6 heteroatoms. The molecule has 1 aromatic heterocycles. The molecule has 18 heavy (non-hydrogen) atoms. The smallest absolute Gasteiger partial charge is 0.259 e. The van der Waals surface area contributed by atoms with E-state index in [1.807, 2.05) is 13.8 Å². The van der Waals surface area contributed by atoms with Gasteiger partial charge < -0.3 is 10.1 Å². The lowest BCUT2D eigenvalue weighted by atomic mass is 10.2. The Kier molecular flexibility index (Phi) is 6.04. The van der Waals surface area contributed by atoms with Gasteiger partial charge in [-0.2, -0.15) is 5.10 Å². The minimum absolute atomic E-state index is 0.414. The maximum absolute atomic E-state index is 13.2. The molecule has 1 N–H and O–H groups in total. The molecule has 4 nitrogen and oxygen atoms in total. The van der Waals surface area contributed by atoms with Crippen LogP contribution in [-0.4, -0.2) is 29.9 Å². The maximum atomic E-state index is 13.2. The number of rotatable bonds is 8. The van der Waals surface area contributed by atoms with Crippen LogP contribution in [0.2, 0.25) is 0 Å². The van der Waals surface area contributed by atoms with Crippen molar-refractivity contribution in [2.24, 2.45) is 0 Å². The van der Waals surface area contributed by atoms with Crippen molar-refractivity contribution in [2.75, 3.05) is 13.7 Å². The zero-order chi connectivity index (χ0) is 13.5. The summed E-state index contributed by atoms with van der Waals surface area (Å²) in [5, 5.41) is 6.96. The van der Waals surface area contributed by atoms with Gasteiger partial charge in [-0.25, -0.2) is 8.78 Å². The molecule has 0 spiro atoms. The van der Waals surface area contributed by atoms with Gasteiger partial charge in [-0.1, -0.05) is 13.8 Å². The quantitative estimate of drug-likeness (QED) is 0.782. The van der Waals surface area contributed by atoms with E-state index in [-0.39, 0.29) is 0 Å². The van der Waals surface area contributed by atoms with E-state index in [0.717, 1.165) is 12.8 Å². The summed E-state index contributed by atoms with van der Waals surface area (Å²) < 4.78 is 33.0. The third-order valence-electron chi connectivity index (χ3n) is 2.66. The average molecular weight is 261 g/mol. The van der Waals surface area contributed by atoms with Gasteiger partial charge in [0.05, 0.1) is 13.3 Å². The first kappa shape index (κ1) is 14.9. The lowest BCUT2D eigenvalue weighted by Crippen LogP contribution is -2.30. The number of hydrogen-bond donors (Lipinski definition) is 1. The lowest BCUT2D eigenvalue weighted by molar-refractivity contribution is 0.0927. The highest BCUT2D eigenvalue weighted by Crippen LogP contribution is 2.29. The monoisotopic (exact) mass is 261 g/mol. The molecule has 0 saturated heterocycles. The Balaban J connectivity index is 3.03. The highest BCUT2D eigenvalue weighted by atomic mass is 19.3. The summed E-state index contributed by atoms with van der Waals surface area (Å²) in [6, 6.07) is -1.03. The van der Waals surface area contributed by atoms with E-state index >= 15 is 0 Å². The molecule has 0 aliphatic rings. The Morgan fingerprint density at radius 3 is 2.61 bits per heavy atom.